The minimum Gasteiger partial charge on any atom is -0.389 e. The molecule has 2 N–H and O–H groups in total. The summed E-state index contributed by atoms with van der Waals surface area (Å²) in [6.07, 6.45) is 3.56. The van der Waals surface area contributed by atoms with Gasteiger partial charge in [0.25, 0.3) is 0 Å². The molecule has 10 heavy (non-hydrogen) atoms. The SMILES string of the molecule is Nc1sc2c(c1Cl)CCC2. The lowest BCUT2D eigenvalue weighted by molar-refractivity contribution is 0.915. The summed E-state index contributed by atoms with van der Waals surface area (Å²) in [4.78, 5) is 1.41. The summed E-state index contributed by atoms with van der Waals surface area (Å²) < 4.78 is 0. The lowest BCUT2D eigenvalue weighted by Gasteiger charge is -1.88. The Morgan fingerprint density at radius 1 is 1.40 bits per heavy atom. The van der Waals surface area contributed by atoms with E-state index in [4.69, 9.17) is 17.3 Å². The topological polar surface area (TPSA) is 26.0 Å². The fraction of sp³-hybridized carbons (Fsp3) is 0.429. The Morgan fingerprint density at radius 3 is 2.90 bits per heavy atom. The number of anilines is 1. The highest BCUT2D eigenvalue weighted by molar-refractivity contribution is 7.16. The third kappa shape index (κ3) is 0.756. The second-order valence-corrected chi connectivity index (χ2v) is 4.05. The Kier molecular flexibility index (Phi) is 1.39. The van der Waals surface area contributed by atoms with Gasteiger partial charge in [-0.3, -0.25) is 0 Å². The summed E-state index contributed by atoms with van der Waals surface area (Å²) in [5.74, 6) is 0. The zero-order chi connectivity index (χ0) is 7.14. The molecule has 0 fully saturated rings. The molecule has 1 aromatic heterocycles. The molecule has 0 unspecified atom stereocenters. The molecule has 2 rings (SSSR count). The van der Waals surface area contributed by atoms with Crippen molar-refractivity contribution in [2.75, 3.05) is 5.73 Å². The number of rotatable bonds is 0. The zero-order valence-corrected chi connectivity index (χ0v) is 7.06. The molecule has 0 aromatic carbocycles. The number of fused-ring (bicyclic) bond motifs is 1. The summed E-state index contributed by atoms with van der Waals surface area (Å²) in [6.45, 7) is 0. The summed E-state index contributed by atoms with van der Waals surface area (Å²) in [5.41, 5.74) is 6.95. The van der Waals surface area contributed by atoms with Gasteiger partial charge in [0.2, 0.25) is 0 Å². The fourth-order valence-corrected chi connectivity index (χ4v) is 2.82. The van der Waals surface area contributed by atoms with Gasteiger partial charge in [0.1, 0.15) is 5.00 Å². The number of aryl methyl sites for hydroxylation is 1. The van der Waals surface area contributed by atoms with Crippen molar-refractivity contribution >= 4 is 27.9 Å². The van der Waals surface area contributed by atoms with E-state index in [0.717, 1.165) is 16.4 Å². The van der Waals surface area contributed by atoms with E-state index in [9.17, 15) is 0 Å². The summed E-state index contributed by atoms with van der Waals surface area (Å²) in [7, 11) is 0. The van der Waals surface area contributed by atoms with Crippen molar-refractivity contribution in [3.8, 4) is 0 Å². The lowest BCUT2D eigenvalue weighted by atomic mass is 10.3. The highest BCUT2D eigenvalue weighted by atomic mass is 35.5. The molecule has 1 nitrogen and oxygen atoms in total. The maximum atomic E-state index is 5.94. The Balaban J connectivity index is 2.59. The van der Waals surface area contributed by atoms with E-state index >= 15 is 0 Å². The van der Waals surface area contributed by atoms with Crippen molar-refractivity contribution in [1.29, 1.82) is 0 Å². The Morgan fingerprint density at radius 2 is 2.20 bits per heavy atom. The van der Waals surface area contributed by atoms with Crippen LogP contribution in [-0.2, 0) is 12.8 Å². The van der Waals surface area contributed by atoms with Gasteiger partial charge in [-0.25, -0.2) is 0 Å². The quantitative estimate of drug-likeness (QED) is 0.641. The van der Waals surface area contributed by atoms with Crippen molar-refractivity contribution < 1.29 is 0 Å². The second-order valence-electron chi connectivity index (χ2n) is 2.54. The van der Waals surface area contributed by atoms with Gasteiger partial charge in [-0.05, 0) is 24.8 Å². The van der Waals surface area contributed by atoms with Crippen molar-refractivity contribution in [3.05, 3.63) is 15.5 Å². The first kappa shape index (κ1) is 6.50. The monoisotopic (exact) mass is 173 g/mol. The van der Waals surface area contributed by atoms with Gasteiger partial charge in [0, 0.05) is 4.88 Å². The lowest BCUT2D eigenvalue weighted by Crippen LogP contribution is -1.80. The molecule has 3 heteroatoms. The minimum atomic E-state index is 0.798. The molecule has 0 amide bonds. The summed E-state index contributed by atoms with van der Waals surface area (Å²) in [6, 6.07) is 0. The zero-order valence-electron chi connectivity index (χ0n) is 5.48. The van der Waals surface area contributed by atoms with Crippen LogP contribution >= 0.6 is 22.9 Å². The first-order valence-corrected chi connectivity index (χ1v) is 4.54. The van der Waals surface area contributed by atoms with Crippen LogP contribution < -0.4 is 5.73 Å². The molecular formula is C7H8ClNS. The molecular weight excluding hydrogens is 166 g/mol. The number of hydrogen-bond donors (Lipinski definition) is 1. The van der Waals surface area contributed by atoms with Gasteiger partial charge in [0.15, 0.2) is 0 Å². The molecule has 0 atom stereocenters. The summed E-state index contributed by atoms with van der Waals surface area (Å²) >= 11 is 7.59. The molecule has 0 spiro atoms. The van der Waals surface area contributed by atoms with Crippen LogP contribution in [0.5, 0.6) is 0 Å². The van der Waals surface area contributed by atoms with E-state index in [1.807, 2.05) is 0 Å². The van der Waals surface area contributed by atoms with Crippen LogP contribution in [0.25, 0.3) is 0 Å². The predicted molar refractivity (Wildman–Crippen MR) is 45.8 cm³/mol. The predicted octanol–water partition coefficient (Wildman–Crippen LogP) is 2.47. The standard InChI is InChI=1S/C7H8ClNS/c8-6-4-2-1-3-5(4)10-7(6)9/h1-3,9H2. The molecule has 0 saturated heterocycles. The number of hydrogen-bond acceptors (Lipinski definition) is 2. The first-order chi connectivity index (χ1) is 4.79. The van der Waals surface area contributed by atoms with Crippen LogP contribution in [0.1, 0.15) is 16.9 Å². The van der Waals surface area contributed by atoms with E-state index in [0.29, 0.717) is 0 Å². The van der Waals surface area contributed by atoms with Crippen LogP contribution in [0.2, 0.25) is 5.02 Å². The van der Waals surface area contributed by atoms with Gasteiger partial charge < -0.3 is 5.73 Å². The van der Waals surface area contributed by atoms with Crippen LogP contribution in [0.4, 0.5) is 5.00 Å². The van der Waals surface area contributed by atoms with Crippen molar-refractivity contribution in [3.63, 3.8) is 0 Å². The van der Waals surface area contributed by atoms with E-state index in [1.54, 1.807) is 11.3 Å². The van der Waals surface area contributed by atoms with Crippen molar-refractivity contribution in [2.24, 2.45) is 0 Å². The number of nitrogen functional groups attached to an aromatic ring is 1. The van der Waals surface area contributed by atoms with Crippen molar-refractivity contribution in [2.45, 2.75) is 19.3 Å². The molecule has 1 aromatic rings. The van der Waals surface area contributed by atoms with Gasteiger partial charge in [-0.15, -0.1) is 11.3 Å². The van der Waals surface area contributed by atoms with E-state index in [1.165, 1.54) is 23.3 Å². The largest absolute Gasteiger partial charge is 0.389 e. The second kappa shape index (κ2) is 2.14. The molecule has 0 saturated carbocycles. The van der Waals surface area contributed by atoms with Crippen molar-refractivity contribution in [1.82, 2.24) is 0 Å². The molecule has 0 bridgehead atoms. The van der Waals surface area contributed by atoms with Gasteiger partial charge in [-0.1, -0.05) is 11.6 Å². The third-order valence-electron chi connectivity index (χ3n) is 1.88. The normalized spacial score (nSPS) is 15.7. The molecule has 54 valence electrons. The number of nitrogens with two attached hydrogens (primary N) is 1. The molecule has 1 aliphatic carbocycles. The molecule has 0 aliphatic heterocycles. The summed E-state index contributed by atoms with van der Waals surface area (Å²) in [5, 5.41) is 1.61. The van der Waals surface area contributed by atoms with E-state index in [-0.39, 0.29) is 0 Å². The van der Waals surface area contributed by atoms with Crippen LogP contribution in [0.3, 0.4) is 0 Å². The molecule has 1 heterocycles. The third-order valence-corrected chi connectivity index (χ3v) is 3.55. The Hall–Kier alpha value is -0.210. The highest BCUT2D eigenvalue weighted by Gasteiger charge is 2.18. The first-order valence-electron chi connectivity index (χ1n) is 3.34. The van der Waals surface area contributed by atoms with E-state index in [2.05, 4.69) is 0 Å². The van der Waals surface area contributed by atoms with Crippen LogP contribution in [-0.4, -0.2) is 0 Å². The van der Waals surface area contributed by atoms with Crippen LogP contribution in [0, 0.1) is 0 Å². The Labute approximate surface area is 68.8 Å². The minimum absolute atomic E-state index is 0.798. The Bertz CT molecular complexity index is 267. The smallest absolute Gasteiger partial charge is 0.105 e. The van der Waals surface area contributed by atoms with Gasteiger partial charge in [0.05, 0.1) is 5.02 Å². The maximum Gasteiger partial charge on any atom is 0.105 e. The van der Waals surface area contributed by atoms with E-state index < -0.39 is 0 Å². The van der Waals surface area contributed by atoms with Crippen LogP contribution in [0.15, 0.2) is 0 Å². The average molecular weight is 174 g/mol. The van der Waals surface area contributed by atoms with Gasteiger partial charge in [-0.2, -0.15) is 0 Å². The fourth-order valence-electron chi connectivity index (χ4n) is 1.39. The number of halogens is 1. The molecule has 1 aliphatic rings. The number of thiophene rings is 1. The molecule has 0 radical (unpaired) electrons. The van der Waals surface area contributed by atoms with Gasteiger partial charge >= 0.3 is 0 Å². The average Bonchev–Trinajstić information content (AvgIpc) is 2.41. The maximum absolute atomic E-state index is 5.94. The highest BCUT2D eigenvalue weighted by Crippen LogP contribution is 2.40.